The fraction of sp³-hybridized carbons (Fsp3) is 0.324. The Morgan fingerprint density at radius 3 is 2.61 bits per heavy atom. The topological polar surface area (TPSA) is 122 Å². The summed E-state index contributed by atoms with van der Waals surface area (Å²) in [4.78, 5) is 44.2. The number of ether oxygens (including phenoxy) is 1. The molecule has 3 aromatic carbocycles. The highest BCUT2D eigenvalue weighted by molar-refractivity contribution is 6.83. The van der Waals surface area contributed by atoms with E-state index >= 15 is 0 Å². The van der Waals surface area contributed by atoms with Crippen LogP contribution in [0.25, 0.3) is 5.69 Å². The van der Waals surface area contributed by atoms with Crippen molar-refractivity contribution in [2.75, 3.05) is 26.7 Å². The second-order valence-electron chi connectivity index (χ2n) is 12.4. The first kappa shape index (κ1) is 31.7. The molecule has 2 aliphatic rings. The molecule has 1 aromatic heterocycles. The van der Waals surface area contributed by atoms with Crippen molar-refractivity contribution in [2.24, 2.45) is 10.9 Å². The number of hydrogen-bond donors (Lipinski definition) is 2. The highest BCUT2D eigenvalue weighted by atomic mass is 35.5. The summed E-state index contributed by atoms with van der Waals surface area (Å²) in [6.07, 6.45) is 0.863. The largest absolute Gasteiger partial charge is 0.497 e. The molecule has 0 saturated carbocycles. The zero-order valence-electron chi connectivity index (χ0n) is 26.3. The molecule has 1 fully saturated rings. The maximum Gasteiger partial charge on any atom is 0.253 e. The van der Waals surface area contributed by atoms with Crippen molar-refractivity contribution in [1.82, 2.24) is 25.0 Å². The Balaban J connectivity index is 1.19. The highest BCUT2D eigenvalue weighted by Crippen LogP contribution is 2.34. The first-order valence-electron chi connectivity index (χ1n) is 15.3. The van der Waals surface area contributed by atoms with E-state index < -0.39 is 14.4 Å². The number of aryl methyl sites for hydroxylation is 1. The molecular formula is C34H37ClN6O4Si. The summed E-state index contributed by atoms with van der Waals surface area (Å²) in [5.41, 5.74) is 3.82. The third-order valence-corrected chi connectivity index (χ3v) is 10.6. The third-order valence-electron chi connectivity index (χ3n) is 8.61. The lowest BCUT2D eigenvalue weighted by atomic mass is 10.00. The van der Waals surface area contributed by atoms with Crippen LogP contribution in [-0.4, -0.2) is 77.0 Å². The quantitative estimate of drug-likeness (QED) is 0.274. The number of benzene rings is 3. The van der Waals surface area contributed by atoms with Crippen LogP contribution in [0.2, 0.25) is 18.1 Å². The van der Waals surface area contributed by atoms with Gasteiger partial charge in [-0.15, -0.1) is 10.2 Å². The number of aromatic nitrogens is 3. The van der Waals surface area contributed by atoms with Crippen molar-refractivity contribution in [3.8, 4) is 11.4 Å². The third kappa shape index (κ3) is 6.48. The molecule has 10 nitrogen and oxygen atoms in total. The van der Waals surface area contributed by atoms with E-state index in [-0.39, 0.29) is 24.2 Å². The second kappa shape index (κ2) is 12.8. The molecular weight excluding hydrogens is 620 g/mol. The molecule has 0 aliphatic carbocycles. The van der Waals surface area contributed by atoms with Crippen molar-refractivity contribution in [3.05, 3.63) is 100 Å². The van der Waals surface area contributed by atoms with Crippen molar-refractivity contribution >= 4 is 42.6 Å². The molecule has 1 saturated heterocycles. The molecule has 2 N–H and O–H groups in total. The Morgan fingerprint density at radius 2 is 1.87 bits per heavy atom. The van der Waals surface area contributed by atoms with Crippen LogP contribution in [0, 0.1) is 12.8 Å². The predicted molar refractivity (Wildman–Crippen MR) is 180 cm³/mol. The smallest absolute Gasteiger partial charge is 0.253 e. The summed E-state index contributed by atoms with van der Waals surface area (Å²) in [6, 6.07) is 19.9. The number of aliphatic imine (C=N–C) groups is 1. The summed E-state index contributed by atoms with van der Waals surface area (Å²) in [5.74, 6) is 1.86. The predicted octanol–water partition coefficient (Wildman–Crippen LogP) is 4.20. The molecule has 0 radical (unpaired) electrons. The van der Waals surface area contributed by atoms with E-state index in [0.717, 1.165) is 28.4 Å². The van der Waals surface area contributed by atoms with E-state index in [4.69, 9.17) is 21.3 Å². The maximum atomic E-state index is 13.5. The number of fused-ring (bicyclic) bond motifs is 3. The van der Waals surface area contributed by atoms with Gasteiger partial charge in [0, 0.05) is 41.3 Å². The molecule has 2 unspecified atom stereocenters. The standard InChI is InChI=1S/C34H37ClN6O4Si/c1-21-38-39-33-29(37-32(23-8-10-25(35)11-9-23)28-17-26(45-2)12-13-30(28)41(21)33)18-31(42)36-19-22-14-15-40(20-22)34(43)24-6-5-7-27(16-24)46(3,4)44/h5-13,16-17,22,29,44H,14-15,18-20H2,1-4H3,(H,36,42). The number of carbonyl (C=O) groups is 2. The molecule has 0 bridgehead atoms. The van der Waals surface area contributed by atoms with E-state index in [1.807, 2.05) is 90.1 Å². The number of methoxy groups -OCH3 is 1. The Hall–Kier alpha value is -4.32. The number of hydrogen-bond acceptors (Lipinski definition) is 7. The van der Waals surface area contributed by atoms with Crippen LogP contribution in [0.4, 0.5) is 0 Å². The zero-order valence-corrected chi connectivity index (χ0v) is 28.1. The van der Waals surface area contributed by atoms with Gasteiger partial charge >= 0.3 is 0 Å². The van der Waals surface area contributed by atoms with E-state index in [9.17, 15) is 14.4 Å². The van der Waals surface area contributed by atoms with E-state index in [2.05, 4.69) is 15.5 Å². The lowest BCUT2D eigenvalue weighted by molar-refractivity contribution is -0.121. The van der Waals surface area contributed by atoms with Crippen LogP contribution < -0.4 is 15.2 Å². The average Bonchev–Trinajstić information content (AvgIpc) is 3.65. The van der Waals surface area contributed by atoms with Crippen LogP contribution in [-0.2, 0) is 4.79 Å². The highest BCUT2D eigenvalue weighted by Gasteiger charge is 2.32. The number of amides is 2. The van der Waals surface area contributed by atoms with Gasteiger partial charge in [0.05, 0.1) is 24.9 Å². The first-order valence-corrected chi connectivity index (χ1v) is 18.7. The van der Waals surface area contributed by atoms with Gasteiger partial charge in [-0.3, -0.25) is 19.1 Å². The van der Waals surface area contributed by atoms with E-state index in [1.165, 1.54) is 0 Å². The number of likely N-dealkylation sites (tertiary alicyclic amines) is 1. The fourth-order valence-corrected chi connectivity index (χ4v) is 7.22. The number of rotatable bonds is 8. The molecule has 6 rings (SSSR count). The maximum absolute atomic E-state index is 13.5. The summed E-state index contributed by atoms with van der Waals surface area (Å²) < 4.78 is 7.50. The molecule has 2 aliphatic heterocycles. The Labute approximate surface area is 274 Å². The van der Waals surface area contributed by atoms with Crippen molar-refractivity contribution in [1.29, 1.82) is 0 Å². The summed E-state index contributed by atoms with van der Waals surface area (Å²) in [5, 5.41) is 13.3. The van der Waals surface area contributed by atoms with E-state index in [0.29, 0.717) is 53.3 Å². The molecule has 4 aromatic rings. The minimum Gasteiger partial charge on any atom is -0.497 e. The molecule has 12 heteroatoms. The summed E-state index contributed by atoms with van der Waals surface area (Å²) in [6.45, 7) is 7.17. The van der Waals surface area contributed by atoms with Gasteiger partial charge in [0.2, 0.25) is 14.2 Å². The minimum absolute atomic E-state index is 0.0534. The molecule has 0 spiro atoms. The van der Waals surface area contributed by atoms with Crippen LogP contribution in [0.15, 0.2) is 71.7 Å². The molecule has 2 amide bonds. The van der Waals surface area contributed by atoms with Gasteiger partial charge in [-0.05, 0) is 80.0 Å². The number of halogens is 1. The number of nitrogens with zero attached hydrogens (tertiary/aromatic N) is 5. The van der Waals surface area contributed by atoms with Gasteiger partial charge in [-0.2, -0.15) is 0 Å². The minimum atomic E-state index is -2.53. The van der Waals surface area contributed by atoms with Gasteiger partial charge in [0.1, 0.15) is 17.6 Å². The monoisotopic (exact) mass is 656 g/mol. The van der Waals surface area contributed by atoms with Gasteiger partial charge < -0.3 is 19.7 Å². The Bertz CT molecular complexity index is 1820. The molecule has 238 valence electrons. The zero-order chi connectivity index (χ0) is 32.6. The van der Waals surface area contributed by atoms with Crippen LogP contribution in [0.1, 0.15) is 52.0 Å². The lowest BCUT2D eigenvalue weighted by Gasteiger charge is -2.19. The molecule has 3 heterocycles. The Morgan fingerprint density at radius 1 is 1.09 bits per heavy atom. The summed E-state index contributed by atoms with van der Waals surface area (Å²) >= 11 is 6.21. The fourth-order valence-electron chi connectivity index (χ4n) is 6.08. The molecule has 46 heavy (non-hydrogen) atoms. The summed E-state index contributed by atoms with van der Waals surface area (Å²) in [7, 11) is -0.907. The molecule has 2 atom stereocenters. The number of carbonyl (C=O) groups excluding carboxylic acids is 2. The van der Waals surface area contributed by atoms with E-state index in [1.54, 1.807) is 13.2 Å². The van der Waals surface area contributed by atoms with Crippen LogP contribution in [0.5, 0.6) is 5.75 Å². The normalized spacial score (nSPS) is 17.5. The van der Waals surface area contributed by atoms with Crippen LogP contribution in [0.3, 0.4) is 0 Å². The van der Waals surface area contributed by atoms with Gasteiger partial charge in [0.15, 0.2) is 5.82 Å². The van der Waals surface area contributed by atoms with Crippen molar-refractivity contribution in [3.63, 3.8) is 0 Å². The van der Waals surface area contributed by atoms with Gasteiger partial charge in [-0.25, -0.2) is 0 Å². The second-order valence-corrected chi connectivity index (χ2v) is 16.5. The number of nitrogens with one attached hydrogen (secondary N) is 1. The average molecular weight is 657 g/mol. The van der Waals surface area contributed by atoms with Crippen molar-refractivity contribution < 1.29 is 19.1 Å². The van der Waals surface area contributed by atoms with Gasteiger partial charge in [-0.1, -0.05) is 35.9 Å². The van der Waals surface area contributed by atoms with Crippen LogP contribution >= 0.6 is 11.6 Å². The Kier molecular flexibility index (Phi) is 8.82. The lowest BCUT2D eigenvalue weighted by Crippen LogP contribution is -2.42. The first-order chi connectivity index (χ1) is 22.0. The SMILES string of the molecule is COc1ccc2c(c1)C(c1ccc(Cl)cc1)=NC(CC(=O)NCC1CCN(C(=O)c3cccc([Si](C)(C)O)c3)C1)c1nnc(C)n1-2. The van der Waals surface area contributed by atoms with Crippen molar-refractivity contribution in [2.45, 2.75) is 38.9 Å². The van der Waals surface area contributed by atoms with Gasteiger partial charge in [0.25, 0.3) is 5.91 Å².